The molecule has 7 nitrogen and oxygen atoms in total. The molecule has 3 aromatic carbocycles. The molecule has 0 radical (unpaired) electrons. The van der Waals surface area contributed by atoms with Crippen molar-refractivity contribution in [2.45, 2.75) is 0 Å². The molecule has 2 aromatic heterocycles. The van der Waals surface area contributed by atoms with Gasteiger partial charge in [0.2, 0.25) is 5.95 Å². The maximum Gasteiger partial charge on any atom is 0.230 e. The number of rotatable bonds is 6. The number of halogens is 3. The summed E-state index contributed by atoms with van der Waals surface area (Å²) in [5, 5.41) is 11.7. The number of nitrogens with zero attached hydrogens (tertiary/aromatic N) is 4. The van der Waals surface area contributed by atoms with Gasteiger partial charge in [-0.1, -0.05) is 34.8 Å². The van der Waals surface area contributed by atoms with Gasteiger partial charge in [0, 0.05) is 32.1 Å². The molecule has 2 heterocycles. The van der Waals surface area contributed by atoms with Gasteiger partial charge in [0.1, 0.15) is 17.4 Å². The summed E-state index contributed by atoms with van der Waals surface area (Å²) >= 11 is 18.1. The van der Waals surface area contributed by atoms with E-state index in [0.29, 0.717) is 43.7 Å². The van der Waals surface area contributed by atoms with E-state index in [1.54, 1.807) is 36.4 Å². The van der Waals surface area contributed by atoms with Crippen molar-refractivity contribution >= 4 is 80.5 Å². The predicted octanol–water partition coefficient (Wildman–Crippen LogP) is 7.61. The Morgan fingerprint density at radius 1 is 0.471 bits per heavy atom. The Labute approximate surface area is 210 Å². The minimum atomic E-state index is 0.361. The molecule has 0 spiro atoms. The number of anilines is 6. The average molecular weight is 509 g/mol. The Morgan fingerprint density at radius 2 is 0.941 bits per heavy atom. The third-order valence-corrected chi connectivity index (χ3v) is 5.55. The Balaban J connectivity index is 1.59. The highest BCUT2D eigenvalue weighted by atomic mass is 35.5. The van der Waals surface area contributed by atoms with Gasteiger partial charge in [0.25, 0.3) is 0 Å². The van der Waals surface area contributed by atoms with Crippen LogP contribution in [0.1, 0.15) is 0 Å². The van der Waals surface area contributed by atoms with Gasteiger partial charge in [0.15, 0.2) is 11.6 Å². The highest BCUT2D eigenvalue weighted by Crippen LogP contribution is 2.30. The molecule has 168 valence electrons. The van der Waals surface area contributed by atoms with Gasteiger partial charge in [-0.15, -0.1) is 0 Å². The molecule has 0 atom stereocenters. The molecule has 0 saturated heterocycles. The average Bonchev–Trinajstić information content (AvgIpc) is 2.84. The molecule has 10 heteroatoms. The van der Waals surface area contributed by atoms with Gasteiger partial charge in [-0.05, 0) is 72.8 Å². The molecule has 0 fully saturated rings. The van der Waals surface area contributed by atoms with Crippen molar-refractivity contribution in [1.82, 2.24) is 19.9 Å². The third-order valence-electron chi connectivity index (χ3n) is 4.80. The van der Waals surface area contributed by atoms with Crippen molar-refractivity contribution in [1.29, 1.82) is 0 Å². The van der Waals surface area contributed by atoms with Crippen LogP contribution in [-0.4, -0.2) is 19.9 Å². The number of hydrogen-bond donors (Lipinski definition) is 3. The molecule has 34 heavy (non-hydrogen) atoms. The second kappa shape index (κ2) is 9.69. The number of aromatic nitrogens is 4. The summed E-state index contributed by atoms with van der Waals surface area (Å²) in [5.41, 5.74) is 3.46. The van der Waals surface area contributed by atoms with Crippen molar-refractivity contribution in [3.05, 3.63) is 94.2 Å². The predicted molar refractivity (Wildman–Crippen MR) is 139 cm³/mol. The van der Waals surface area contributed by atoms with E-state index in [1.807, 2.05) is 36.4 Å². The molecule has 3 N–H and O–H groups in total. The van der Waals surface area contributed by atoms with E-state index in [2.05, 4.69) is 30.9 Å². The molecule has 0 bridgehead atoms. The van der Waals surface area contributed by atoms with Crippen LogP contribution in [0.5, 0.6) is 0 Å². The minimum Gasteiger partial charge on any atom is -0.338 e. The Morgan fingerprint density at radius 3 is 1.47 bits per heavy atom. The van der Waals surface area contributed by atoms with Crippen molar-refractivity contribution in [2.75, 3.05) is 16.0 Å². The Bertz CT molecular complexity index is 1440. The van der Waals surface area contributed by atoms with E-state index in [1.165, 1.54) is 6.33 Å². The Kier molecular flexibility index (Phi) is 6.31. The largest absolute Gasteiger partial charge is 0.338 e. The van der Waals surface area contributed by atoms with E-state index < -0.39 is 0 Å². The topological polar surface area (TPSA) is 87.7 Å². The van der Waals surface area contributed by atoms with Crippen LogP contribution in [0, 0.1) is 0 Å². The van der Waals surface area contributed by atoms with Crippen LogP contribution >= 0.6 is 34.8 Å². The SMILES string of the molecule is Clc1ccc(Nc2nc(Nc3ccc(Cl)cc3)c3ncnc(Nc4ccc(Cl)cc4)c3n2)cc1. The van der Waals surface area contributed by atoms with Gasteiger partial charge in [-0.3, -0.25) is 0 Å². The lowest BCUT2D eigenvalue weighted by molar-refractivity contribution is 1.15. The summed E-state index contributed by atoms with van der Waals surface area (Å²) in [6.07, 6.45) is 1.46. The molecular weight excluding hydrogens is 493 g/mol. The summed E-state index contributed by atoms with van der Waals surface area (Å²) in [7, 11) is 0. The van der Waals surface area contributed by atoms with E-state index >= 15 is 0 Å². The minimum absolute atomic E-state index is 0.361. The molecule has 0 aliphatic heterocycles. The second-order valence-electron chi connectivity index (χ2n) is 7.21. The molecule has 0 unspecified atom stereocenters. The van der Waals surface area contributed by atoms with E-state index in [-0.39, 0.29) is 0 Å². The third kappa shape index (κ3) is 5.12. The van der Waals surface area contributed by atoms with Crippen molar-refractivity contribution in [2.24, 2.45) is 0 Å². The molecule has 5 aromatic rings. The fraction of sp³-hybridized carbons (Fsp3) is 0. The van der Waals surface area contributed by atoms with Gasteiger partial charge < -0.3 is 16.0 Å². The number of benzene rings is 3. The first-order valence-corrected chi connectivity index (χ1v) is 11.3. The monoisotopic (exact) mass is 507 g/mol. The Hall–Kier alpha value is -3.65. The first kappa shape index (κ1) is 22.2. The van der Waals surface area contributed by atoms with Gasteiger partial charge >= 0.3 is 0 Å². The van der Waals surface area contributed by atoms with Crippen molar-refractivity contribution < 1.29 is 0 Å². The van der Waals surface area contributed by atoms with Crippen LogP contribution < -0.4 is 16.0 Å². The molecule has 0 aliphatic carbocycles. The summed E-state index contributed by atoms with van der Waals surface area (Å²) in [6, 6.07) is 21.9. The number of nitrogens with one attached hydrogen (secondary N) is 3. The van der Waals surface area contributed by atoms with Crippen LogP contribution in [-0.2, 0) is 0 Å². The maximum absolute atomic E-state index is 6.03. The van der Waals surface area contributed by atoms with Gasteiger partial charge in [-0.25, -0.2) is 15.0 Å². The standard InChI is InChI=1S/C24H16Cl3N7/c25-14-1-7-17(8-2-14)30-22-21-20(28-13-29-22)23(31-18-9-3-15(26)4-10-18)34-24(33-21)32-19-11-5-16(27)6-12-19/h1-13H,(H,28,29,30)(H2,31,32,33,34). The van der Waals surface area contributed by atoms with Crippen molar-refractivity contribution in [3.8, 4) is 0 Å². The summed E-state index contributed by atoms with van der Waals surface area (Å²) < 4.78 is 0. The number of hydrogen-bond acceptors (Lipinski definition) is 7. The van der Waals surface area contributed by atoms with E-state index in [4.69, 9.17) is 39.8 Å². The molecule has 5 rings (SSSR count). The van der Waals surface area contributed by atoms with Crippen molar-refractivity contribution in [3.63, 3.8) is 0 Å². The van der Waals surface area contributed by atoms with Crippen LogP contribution in [0.2, 0.25) is 15.1 Å². The molecule has 0 aliphatic rings. The summed E-state index contributed by atoms with van der Waals surface area (Å²) in [4.78, 5) is 18.2. The normalized spacial score (nSPS) is 10.8. The molecule has 0 amide bonds. The lowest BCUT2D eigenvalue weighted by Crippen LogP contribution is -2.06. The quantitative estimate of drug-likeness (QED) is 0.217. The van der Waals surface area contributed by atoms with Gasteiger partial charge in [0.05, 0.1) is 0 Å². The first-order valence-electron chi connectivity index (χ1n) is 10.1. The highest BCUT2D eigenvalue weighted by molar-refractivity contribution is 6.31. The molecule has 0 saturated carbocycles. The van der Waals surface area contributed by atoms with E-state index in [0.717, 1.165) is 17.1 Å². The fourth-order valence-electron chi connectivity index (χ4n) is 3.18. The summed E-state index contributed by atoms with van der Waals surface area (Å²) in [5.74, 6) is 1.39. The highest BCUT2D eigenvalue weighted by Gasteiger charge is 2.15. The van der Waals surface area contributed by atoms with Crippen LogP contribution in [0.15, 0.2) is 79.1 Å². The molecular formula is C24H16Cl3N7. The van der Waals surface area contributed by atoms with Crippen LogP contribution in [0.3, 0.4) is 0 Å². The first-order chi connectivity index (χ1) is 16.5. The maximum atomic E-state index is 6.03. The summed E-state index contributed by atoms with van der Waals surface area (Å²) in [6.45, 7) is 0. The zero-order valence-electron chi connectivity index (χ0n) is 17.4. The van der Waals surface area contributed by atoms with E-state index in [9.17, 15) is 0 Å². The van der Waals surface area contributed by atoms with Crippen LogP contribution in [0.4, 0.5) is 34.6 Å². The number of fused-ring (bicyclic) bond motifs is 1. The van der Waals surface area contributed by atoms with Crippen LogP contribution in [0.25, 0.3) is 11.0 Å². The van der Waals surface area contributed by atoms with Gasteiger partial charge in [-0.2, -0.15) is 4.98 Å². The smallest absolute Gasteiger partial charge is 0.230 e. The lowest BCUT2D eigenvalue weighted by Gasteiger charge is -2.14. The fourth-order valence-corrected chi connectivity index (χ4v) is 3.56. The zero-order chi connectivity index (χ0) is 23.5. The lowest BCUT2D eigenvalue weighted by atomic mass is 10.3. The zero-order valence-corrected chi connectivity index (χ0v) is 19.7. The second-order valence-corrected chi connectivity index (χ2v) is 8.52.